The minimum absolute atomic E-state index is 0.0493. The Labute approximate surface area is 180 Å². The number of halogens is 1. The van der Waals surface area contributed by atoms with Crippen LogP contribution in [0.1, 0.15) is 32.6 Å². The van der Waals surface area contributed by atoms with Crippen LogP contribution in [0.15, 0.2) is 49.1 Å². The number of phenolic OH excluding ortho intramolecular Hbond substituents is 1. The van der Waals surface area contributed by atoms with Crippen LogP contribution in [0, 0.1) is 0 Å². The van der Waals surface area contributed by atoms with Gasteiger partial charge in [-0.3, -0.25) is 4.90 Å². The van der Waals surface area contributed by atoms with Gasteiger partial charge in [-0.25, -0.2) is 9.37 Å². The quantitative estimate of drug-likeness (QED) is 0.689. The third kappa shape index (κ3) is 3.54. The molecule has 2 aliphatic rings. The molecule has 2 bridgehead atoms. The van der Waals surface area contributed by atoms with Gasteiger partial charge < -0.3 is 14.4 Å². The molecule has 2 saturated heterocycles. The fraction of sp³-hybridized carbons (Fsp3) is 0.435. The highest BCUT2D eigenvalue weighted by molar-refractivity contribution is 5.68. The maximum absolute atomic E-state index is 15.1. The molecule has 2 fully saturated rings. The molecule has 8 heteroatoms. The Hall–Kier alpha value is -3.00. The SMILES string of the molecule is CN1C2CCC[C@]1(C)C[C@@H](Oc1ccc(-c3ccc(-n4ccnc4)cc3O)nn1)[C@H]2F. The molecule has 0 saturated carbocycles. The standard InChI is InChI=1S/C23H26FN5O2/c1-23-9-3-4-18(28(23)2)22(24)20(13-23)31-21-8-7-17(26-27-21)16-6-5-15(12-19(16)30)29-11-10-25-14-29/h5-8,10-12,14,18,20,22,30H,3-4,9,13H2,1-2H3/t18?,20-,22+,23-/m1/s1. The topological polar surface area (TPSA) is 76.3 Å². The molecule has 7 nitrogen and oxygen atoms in total. The predicted molar refractivity (Wildman–Crippen MR) is 114 cm³/mol. The zero-order chi connectivity index (χ0) is 21.6. The van der Waals surface area contributed by atoms with E-state index in [9.17, 15) is 5.11 Å². The molecule has 2 aromatic heterocycles. The second-order valence-electron chi connectivity index (χ2n) is 8.80. The highest BCUT2D eigenvalue weighted by Crippen LogP contribution is 2.43. The van der Waals surface area contributed by atoms with E-state index in [-0.39, 0.29) is 17.3 Å². The zero-order valence-corrected chi connectivity index (χ0v) is 17.6. The van der Waals surface area contributed by atoms with Crippen LogP contribution in [0.2, 0.25) is 0 Å². The molecule has 5 rings (SSSR count). The highest BCUT2D eigenvalue weighted by Gasteiger charge is 2.51. The molecule has 4 atom stereocenters. The number of alkyl halides is 1. The van der Waals surface area contributed by atoms with Crippen LogP contribution in [-0.4, -0.2) is 60.7 Å². The molecule has 1 unspecified atom stereocenters. The third-order valence-electron chi connectivity index (χ3n) is 6.90. The van der Waals surface area contributed by atoms with Crippen molar-refractivity contribution in [3.05, 3.63) is 49.1 Å². The van der Waals surface area contributed by atoms with Crippen LogP contribution in [0.3, 0.4) is 0 Å². The normalized spacial score (nSPS) is 28.4. The summed E-state index contributed by atoms with van der Waals surface area (Å²) in [5, 5.41) is 18.8. The van der Waals surface area contributed by atoms with Gasteiger partial charge in [0, 0.05) is 48.1 Å². The van der Waals surface area contributed by atoms with Crippen molar-refractivity contribution in [3.8, 4) is 28.6 Å². The van der Waals surface area contributed by atoms with Crippen LogP contribution in [-0.2, 0) is 0 Å². The Kier molecular flexibility index (Phi) is 4.89. The van der Waals surface area contributed by atoms with Crippen LogP contribution in [0.25, 0.3) is 16.9 Å². The summed E-state index contributed by atoms with van der Waals surface area (Å²) in [6.45, 7) is 2.19. The lowest BCUT2D eigenvalue weighted by Crippen LogP contribution is -2.65. The van der Waals surface area contributed by atoms with Gasteiger partial charge in [-0.1, -0.05) is 0 Å². The molecule has 3 aromatic rings. The van der Waals surface area contributed by atoms with Gasteiger partial charge in [0.15, 0.2) is 6.17 Å². The molecule has 1 N–H and O–H groups in total. The molecule has 0 amide bonds. The first-order valence-corrected chi connectivity index (χ1v) is 10.6. The Bertz CT molecular complexity index is 1060. The van der Waals surface area contributed by atoms with E-state index >= 15 is 4.39 Å². The van der Waals surface area contributed by atoms with Crippen molar-refractivity contribution in [2.75, 3.05) is 7.05 Å². The fourth-order valence-electron chi connectivity index (χ4n) is 4.97. The molecular weight excluding hydrogens is 397 g/mol. The smallest absolute Gasteiger partial charge is 0.233 e. The highest BCUT2D eigenvalue weighted by atomic mass is 19.1. The summed E-state index contributed by atoms with van der Waals surface area (Å²) < 4.78 is 22.9. The van der Waals surface area contributed by atoms with E-state index in [2.05, 4.69) is 27.0 Å². The number of benzene rings is 1. The van der Waals surface area contributed by atoms with Crippen LogP contribution in [0.4, 0.5) is 4.39 Å². The summed E-state index contributed by atoms with van der Waals surface area (Å²) in [6.07, 6.45) is 7.13. The molecule has 0 aliphatic carbocycles. The molecule has 4 heterocycles. The Balaban J connectivity index is 1.33. The Morgan fingerprint density at radius 2 is 2.10 bits per heavy atom. The summed E-state index contributed by atoms with van der Waals surface area (Å²) in [7, 11) is 2.02. The van der Waals surface area contributed by atoms with Gasteiger partial charge in [-0.2, -0.15) is 0 Å². The number of aromatic hydroxyl groups is 1. The van der Waals surface area contributed by atoms with Gasteiger partial charge in [0.2, 0.25) is 5.88 Å². The van der Waals surface area contributed by atoms with Crippen molar-refractivity contribution in [2.45, 2.75) is 56.5 Å². The first-order valence-electron chi connectivity index (χ1n) is 10.6. The van der Waals surface area contributed by atoms with Gasteiger partial charge in [0.05, 0.1) is 17.7 Å². The number of hydrogen-bond acceptors (Lipinski definition) is 6. The van der Waals surface area contributed by atoms with Crippen molar-refractivity contribution in [1.82, 2.24) is 24.6 Å². The van der Waals surface area contributed by atoms with Gasteiger partial charge in [0.25, 0.3) is 0 Å². The van der Waals surface area contributed by atoms with E-state index in [1.807, 2.05) is 13.1 Å². The predicted octanol–water partition coefficient (Wildman–Crippen LogP) is 3.77. The van der Waals surface area contributed by atoms with Gasteiger partial charge in [-0.15, -0.1) is 10.2 Å². The van der Waals surface area contributed by atoms with Crippen molar-refractivity contribution in [1.29, 1.82) is 0 Å². The molecule has 0 spiro atoms. The van der Waals surface area contributed by atoms with Crippen molar-refractivity contribution in [3.63, 3.8) is 0 Å². The monoisotopic (exact) mass is 423 g/mol. The van der Waals surface area contributed by atoms with E-state index in [1.54, 1.807) is 47.6 Å². The fourth-order valence-corrected chi connectivity index (χ4v) is 4.97. The molecule has 2 aliphatic heterocycles. The second kappa shape index (κ2) is 7.60. The van der Waals surface area contributed by atoms with Crippen molar-refractivity contribution < 1.29 is 14.2 Å². The van der Waals surface area contributed by atoms with Crippen LogP contribution >= 0.6 is 0 Å². The van der Waals surface area contributed by atoms with Crippen molar-refractivity contribution in [2.24, 2.45) is 0 Å². The molecule has 0 radical (unpaired) electrons. The summed E-state index contributed by atoms with van der Waals surface area (Å²) in [5.41, 5.74) is 1.83. The minimum Gasteiger partial charge on any atom is -0.507 e. The minimum atomic E-state index is -1.06. The number of fused-ring (bicyclic) bond motifs is 2. The average molecular weight is 423 g/mol. The van der Waals surface area contributed by atoms with E-state index in [0.29, 0.717) is 23.6 Å². The Morgan fingerprint density at radius 3 is 2.81 bits per heavy atom. The molecule has 1 aromatic carbocycles. The molecular formula is C23H26FN5O2. The largest absolute Gasteiger partial charge is 0.507 e. The number of piperidine rings is 2. The zero-order valence-electron chi connectivity index (χ0n) is 17.6. The van der Waals surface area contributed by atoms with Crippen molar-refractivity contribution >= 4 is 0 Å². The first kappa shape index (κ1) is 19.9. The Morgan fingerprint density at radius 1 is 1.23 bits per heavy atom. The maximum atomic E-state index is 15.1. The van der Waals surface area contributed by atoms with Crippen LogP contribution < -0.4 is 4.74 Å². The lowest BCUT2D eigenvalue weighted by Gasteiger charge is -2.54. The summed E-state index contributed by atoms with van der Waals surface area (Å²) in [5.74, 6) is 0.395. The summed E-state index contributed by atoms with van der Waals surface area (Å²) in [4.78, 5) is 6.20. The number of imidazole rings is 1. The number of aromatic nitrogens is 4. The average Bonchev–Trinajstić information content (AvgIpc) is 3.29. The van der Waals surface area contributed by atoms with E-state index in [4.69, 9.17) is 4.74 Å². The first-order chi connectivity index (χ1) is 14.9. The summed E-state index contributed by atoms with van der Waals surface area (Å²) in [6, 6.07) is 8.61. The number of ether oxygens (including phenoxy) is 1. The van der Waals surface area contributed by atoms with Gasteiger partial charge >= 0.3 is 0 Å². The third-order valence-corrected chi connectivity index (χ3v) is 6.90. The molecule has 31 heavy (non-hydrogen) atoms. The molecule has 162 valence electrons. The van der Waals surface area contributed by atoms with Gasteiger partial charge in [0.1, 0.15) is 11.9 Å². The number of nitrogens with zero attached hydrogens (tertiary/aromatic N) is 5. The van der Waals surface area contributed by atoms with E-state index < -0.39 is 12.3 Å². The maximum Gasteiger partial charge on any atom is 0.233 e. The lowest BCUT2D eigenvalue weighted by molar-refractivity contribution is -0.105. The number of phenols is 1. The van der Waals surface area contributed by atoms with Crippen LogP contribution in [0.5, 0.6) is 11.6 Å². The number of hydrogen-bond donors (Lipinski definition) is 1. The van der Waals surface area contributed by atoms with E-state index in [0.717, 1.165) is 24.9 Å². The van der Waals surface area contributed by atoms with E-state index in [1.165, 1.54) is 0 Å². The lowest BCUT2D eigenvalue weighted by atomic mass is 9.74. The van der Waals surface area contributed by atoms with Gasteiger partial charge in [-0.05, 0) is 51.4 Å². The second-order valence-corrected chi connectivity index (χ2v) is 8.80. The number of rotatable bonds is 4. The summed E-state index contributed by atoms with van der Waals surface area (Å²) >= 11 is 0.